The Kier molecular flexibility index (Phi) is 3.38. The molecule has 2 rings (SSSR count). The van der Waals surface area contributed by atoms with Crippen molar-refractivity contribution in [1.82, 2.24) is 0 Å². The van der Waals surface area contributed by atoms with Gasteiger partial charge in [0.2, 0.25) is 0 Å². The molecule has 70 valence electrons. The average Bonchev–Trinajstić information content (AvgIpc) is 2.57. The van der Waals surface area contributed by atoms with Crippen molar-refractivity contribution in [2.45, 2.75) is 12.5 Å². The molecular formula is C10H12INS. The summed E-state index contributed by atoms with van der Waals surface area (Å²) < 4.78 is 1.30. The second kappa shape index (κ2) is 4.55. The molecule has 1 aliphatic rings. The van der Waals surface area contributed by atoms with Crippen LogP contribution in [0.5, 0.6) is 0 Å². The van der Waals surface area contributed by atoms with Gasteiger partial charge in [0, 0.05) is 21.1 Å². The van der Waals surface area contributed by atoms with Gasteiger partial charge in [-0.2, -0.15) is 11.8 Å². The Balaban J connectivity index is 2.00. The Bertz CT molecular complexity index is 284. The molecule has 3 heteroatoms. The second-order valence-electron chi connectivity index (χ2n) is 3.22. The highest BCUT2D eigenvalue weighted by atomic mass is 127. The lowest BCUT2D eigenvalue weighted by Gasteiger charge is -2.12. The summed E-state index contributed by atoms with van der Waals surface area (Å²) in [6, 6.07) is 9.25. The fraction of sp³-hybridized carbons (Fsp3) is 0.400. The van der Waals surface area contributed by atoms with Gasteiger partial charge < -0.3 is 5.32 Å². The van der Waals surface area contributed by atoms with E-state index in [1.807, 2.05) is 11.8 Å². The Morgan fingerprint density at radius 1 is 1.46 bits per heavy atom. The van der Waals surface area contributed by atoms with Crippen LogP contribution in [0, 0.1) is 3.57 Å². The van der Waals surface area contributed by atoms with E-state index in [1.165, 1.54) is 27.2 Å². The number of anilines is 1. The molecule has 0 aliphatic carbocycles. The topological polar surface area (TPSA) is 12.0 Å². The maximum atomic E-state index is 3.56. The van der Waals surface area contributed by atoms with E-state index in [4.69, 9.17) is 0 Å². The molecule has 1 nitrogen and oxygen atoms in total. The molecule has 1 aliphatic heterocycles. The van der Waals surface area contributed by atoms with E-state index in [2.05, 4.69) is 52.2 Å². The first-order valence-electron chi connectivity index (χ1n) is 4.44. The van der Waals surface area contributed by atoms with Gasteiger partial charge in [-0.05, 0) is 53.0 Å². The van der Waals surface area contributed by atoms with Crippen molar-refractivity contribution in [1.29, 1.82) is 0 Å². The number of hydrogen-bond acceptors (Lipinski definition) is 2. The highest BCUT2D eigenvalue weighted by Crippen LogP contribution is 2.22. The average molecular weight is 305 g/mol. The summed E-state index contributed by atoms with van der Waals surface area (Å²) in [5.74, 6) is 2.56. The van der Waals surface area contributed by atoms with E-state index in [0.717, 1.165) is 0 Å². The van der Waals surface area contributed by atoms with Crippen LogP contribution in [-0.4, -0.2) is 17.5 Å². The van der Waals surface area contributed by atoms with E-state index >= 15 is 0 Å². The second-order valence-corrected chi connectivity index (χ2v) is 5.61. The predicted molar refractivity (Wildman–Crippen MR) is 68.5 cm³/mol. The van der Waals surface area contributed by atoms with Crippen molar-refractivity contribution < 1.29 is 0 Å². The molecule has 1 saturated heterocycles. The molecule has 0 unspecified atom stereocenters. The minimum atomic E-state index is 0.684. The van der Waals surface area contributed by atoms with Crippen LogP contribution in [0.2, 0.25) is 0 Å². The van der Waals surface area contributed by atoms with Crippen molar-refractivity contribution in [2.75, 3.05) is 16.8 Å². The van der Waals surface area contributed by atoms with Crippen LogP contribution >= 0.6 is 34.4 Å². The summed E-state index contributed by atoms with van der Waals surface area (Å²) in [5, 5.41) is 3.56. The van der Waals surface area contributed by atoms with Gasteiger partial charge in [0.15, 0.2) is 0 Å². The molecule has 0 spiro atoms. The van der Waals surface area contributed by atoms with Crippen LogP contribution in [0.25, 0.3) is 0 Å². The van der Waals surface area contributed by atoms with Gasteiger partial charge in [0.1, 0.15) is 0 Å². The van der Waals surface area contributed by atoms with Gasteiger partial charge in [-0.25, -0.2) is 0 Å². The summed E-state index contributed by atoms with van der Waals surface area (Å²) >= 11 is 4.39. The molecule has 1 aromatic rings. The number of thioether (sulfide) groups is 1. The molecule has 0 amide bonds. The molecule has 1 atom stereocenters. The minimum Gasteiger partial charge on any atom is -0.381 e. The smallest absolute Gasteiger partial charge is 0.0359 e. The number of benzene rings is 1. The fourth-order valence-corrected chi connectivity index (χ4v) is 3.16. The summed E-state index contributed by atoms with van der Waals surface area (Å²) in [4.78, 5) is 0. The van der Waals surface area contributed by atoms with Gasteiger partial charge >= 0.3 is 0 Å². The molecule has 0 radical (unpaired) electrons. The molecular weight excluding hydrogens is 293 g/mol. The number of hydrogen-bond donors (Lipinski definition) is 1. The zero-order valence-electron chi connectivity index (χ0n) is 7.29. The number of nitrogens with one attached hydrogen (secondary N) is 1. The van der Waals surface area contributed by atoms with Gasteiger partial charge in [0.05, 0.1) is 0 Å². The third-order valence-corrected chi connectivity index (χ3v) is 3.96. The molecule has 1 fully saturated rings. The maximum absolute atomic E-state index is 3.56. The van der Waals surface area contributed by atoms with E-state index in [-0.39, 0.29) is 0 Å². The molecule has 1 aromatic carbocycles. The van der Waals surface area contributed by atoms with Crippen LogP contribution in [-0.2, 0) is 0 Å². The summed E-state index contributed by atoms with van der Waals surface area (Å²) in [5.41, 5.74) is 1.26. The largest absolute Gasteiger partial charge is 0.381 e. The first-order valence-corrected chi connectivity index (χ1v) is 6.68. The van der Waals surface area contributed by atoms with Crippen LogP contribution in [0.15, 0.2) is 24.3 Å². The molecule has 0 aromatic heterocycles. The SMILES string of the molecule is Ic1cccc(N[C@H]2CCSC2)c1. The normalized spacial score (nSPS) is 21.8. The van der Waals surface area contributed by atoms with Gasteiger partial charge in [-0.3, -0.25) is 0 Å². The summed E-state index contributed by atoms with van der Waals surface area (Å²) in [6.07, 6.45) is 1.30. The lowest BCUT2D eigenvalue weighted by molar-refractivity contribution is 0.813. The molecule has 1 N–H and O–H groups in total. The van der Waals surface area contributed by atoms with Gasteiger partial charge in [-0.1, -0.05) is 6.07 Å². The lowest BCUT2D eigenvalue weighted by atomic mass is 10.2. The van der Waals surface area contributed by atoms with Crippen molar-refractivity contribution in [3.63, 3.8) is 0 Å². The Morgan fingerprint density at radius 2 is 2.38 bits per heavy atom. The zero-order chi connectivity index (χ0) is 9.10. The van der Waals surface area contributed by atoms with Crippen LogP contribution < -0.4 is 5.32 Å². The molecule has 0 bridgehead atoms. The lowest BCUT2D eigenvalue weighted by Crippen LogP contribution is -2.17. The maximum Gasteiger partial charge on any atom is 0.0359 e. The number of rotatable bonds is 2. The summed E-state index contributed by atoms with van der Waals surface area (Å²) in [6.45, 7) is 0. The molecule has 13 heavy (non-hydrogen) atoms. The minimum absolute atomic E-state index is 0.684. The van der Waals surface area contributed by atoms with Gasteiger partial charge in [0.25, 0.3) is 0 Å². The first-order chi connectivity index (χ1) is 6.34. The van der Waals surface area contributed by atoms with Crippen molar-refractivity contribution >= 4 is 40.0 Å². The highest BCUT2D eigenvalue weighted by molar-refractivity contribution is 14.1. The van der Waals surface area contributed by atoms with E-state index in [1.54, 1.807) is 0 Å². The summed E-state index contributed by atoms with van der Waals surface area (Å²) in [7, 11) is 0. The van der Waals surface area contributed by atoms with E-state index in [9.17, 15) is 0 Å². The van der Waals surface area contributed by atoms with Crippen LogP contribution in [0.1, 0.15) is 6.42 Å². The first kappa shape index (κ1) is 9.65. The highest BCUT2D eigenvalue weighted by Gasteiger charge is 2.14. The zero-order valence-corrected chi connectivity index (χ0v) is 10.3. The molecule has 1 heterocycles. The van der Waals surface area contributed by atoms with Crippen LogP contribution in [0.3, 0.4) is 0 Å². The monoisotopic (exact) mass is 305 g/mol. The van der Waals surface area contributed by atoms with E-state index in [0.29, 0.717) is 6.04 Å². The predicted octanol–water partition coefficient (Wildman–Crippen LogP) is 3.21. The standard InChI is InChI=1S/C10H12INS/c11-8-2-1-3-9(6-8)12-10-4-5-13-7-10/h1-3,6,10,12H,4-5,7H2/t10-/m0/s1. The third-order valence-electron chi connectivity index (χ3n) is 2.13. The van der Waals surface area contributed by atoms with E-state index < -0.39 is 0 Å². The Morgan fingerprint density at radius 3 is 3.08 bits per heavy atom. The quantitative estimate of drug-likeness (QED) is 0.842. The third kappa shape index (κ3) is 2.77. The van der Waals surface area contributed by atoms with Crippen molar-refractivity contribution in [3.8, 4) is 0 Å². The van der Waals surface area contributed by atoms with Crippen molar-refractivity contribution in [3.05, 3.63) is 27.8 Å². The Labute approximate surface area is 96.8 Å². The Hall–Kier alpha value is 0.1000. The number of halogens is 1. The van der Waals surface area contributed by atoms with Gasteiger partial charge in [-0.15, -0.1) is 0 Å². The van der Waals surface area contributed by atoms with Crippen molar-refractivity contribution in [2.24, 2.45) is 0 Å². The molecule has 0 saturated carbocycles. The van der Waals surface area contributed by atoms with Crippen LogP contribution in [0.4, 0.5) is 5.69 Å². The fourth-order valence-electron chi connectivity index (χ4n) is 1.46.